The predicted molar refractivity (Wildman–Crippen MR) is 70.4 cm³/mol. The molecule has 1 heterocycles. The van der Waals surface area contributed by atoms with Crippen molar-refractivity contribution in [3.63, 3.8) is 0 Å². The highest BCUT2D eigenvalue weighted by Crippen LogP contribution is 2.44. The molecule has 2 unspecified atom stereocenters. The highest BCUT2D eigenvalue weighted by atomic mass is 16.7. The first-order valence-corrected chi connectivity index (χ1v) is 6.85. The van der Waals surface area contributed by atoms with Crippen LogP contribution < -0.4 is 0 Å². The monoisotopic (exact) mass is 260 g/mol. The molecule has 1 rings (SSSR count). The summed E-state index contributed by atoms with van der Waals surface area (Å²) < 4.78 is 17.0. The Bertz CT molecular complexity index is 257. The van der Waals surface area contributed by atoms with E-state index in [4.69, 9.17) is 14.2 Å². The maximum atomic E-state index is 10.5. The summed E-state index contributed by atoms with van der Waals surface area (Å²) in [5.74, 6) is 0.00981. The van der Waals surface area contributed by atoms with Crippen LogP contribution in [0.3, 0.4) is 0 Å². The average molecular weight is 260 g/mol. The molecule has 0 saturated carbocycles. The smallest absolute Gasteiger partial charge is 0.183 e. The van der Waals surface area contributed by atoms with Crippen LogP contribution in [-0.2, 0) is 14.2 Å². The lowest BCUT2D eigenvalue weighted by Gasteiger charge is -2.33. The highest BCUT2D eigenvalue weighted by molar-refractivity contribution is 4.98. The van der Waals surface area contributed by atoms with Gasteiger partial charge < -0.3 is 19.3 Å². The summed E-state index contributed by atoms with van der Waals surface area (Å²) in [6.07, 6.45) is -0.430. The average Bonchev–Trinajstić information content (AvgIpc) is 2.45. The molecule has 4 nitrogen and oxygen atoms in total. The molecule has 0 amide bonds. The first-order chi connectivity index (χ1) is 8.23. The van der Waals surface area contributed by atoms with Crippen LogP contribution in [0.1, 0.15) is 48.0 Å². The largest absolute Gasteiger partial charge is 0.387 e. The fourth-order valence-electron chi connectivity index (χ4n) is 2.90. The Kier molecular flexibility index (Phi) is 5.18. The van der Waals surface area contributed by atoms with Crippen LogP contribution in [-0.4, -0.2) is 41.9 Å². The summed E-state index contributed by atoms with van der Waals surface area (Å²) in [4.78, 5) is 0. The van der Waals surface area contributed by atoms with E-state index >= 15 is 0 Å². The van der Waals surface area contributed by atoms with Gasteiger partial charge in [-0.1, -0.05) is 0 Å². The maximum Gasteiger partial charge on any atom is 0.183 e. The van der Waals surface area contributed by atoms with Gasteiger partial charge in [0.15, 0.2) is 6.29 Å². The lowest BCUT2D eigenvalue weighted by molar-refractivity contribution is -0.212. The van der Waals surface area contributed by atoms with Crippen LogP contribution in [0.2, 0.25) is 0 Å². The Morgan fingerprint density at radius 2 is 1.67 bits per heavy atom. The van der Waals surface area contributed by atoms with Crippen molar-refractivity contribution in [2.45, 2.75) is 71.6 Å². The molecular formula is C14H28O4. The zero-order valence-electron chi connectivity index (χ0n) is 12.5. The Morgan fingerprint density at radius 1 is 1.17 bits per heavy atom. The first-order valence-electron chi connectivity index (χ1n) is 6.85. The first kappa shape index (κ1) is 15.9. The topological polar surface area (TPSA) is 47.9 Å². The molecule has 0 aromatic rings. The summed E-state index contributed by atoms with van der Waals surface area (Å²) in [5.41, 5.74) is -0.576. The van der Waals surface area contributed by atoms with Crippen molar-refractivity contribution in [1.82, 2.24) is 0 Å². The third-order valence-electron chi connectivity index (χ3n) is 3.50. The number of hydrogen-bond acceptors (Lipinski definition) is 4. The SMILES string of the molecule is CCOC(OCC)C(O)C1CC(C)(C)OC1(C)C. The molecular weight excluding hydrogens is 232 g/mol. The molecule has 1 aliphatic heterocycles. The van der Waals surface area contributed by atoms with E-state index < -0.39 is 12.4 Å². The molecule has 0 bridgehead atoms. The number of aliphatic hydroxyl groups is 1. The van der Waals surface area contributed by atoms with E-state index in [1.807, 2.05) is 27.7 Å². The van der Waals surface area contributed by atoms with Crippen LogP contribution in [0.25, 0.3) is 0 Å². The van der Waals surface area contributed by atoms with Gasteiger partial charge in [0.1, 0.15) is 6.10 Å². The van der Waals surface area contributed by atoms with Gasteiger partial charge in [0, 0.05) is 19.1 Å². The van der Waals surface area contributed by atoms with Crippen molar-refractivity contribution in [2.24, 2.45) is 5.92 Å². The quantitative estimate of drug-likeness (QED) is 0.745. The second-order valence-corrected chi connectivity index (χ2v) is 6.05. The van der Waals surface area contributed by atoms with E-state index in [9.17, 15) is 5.11 Å². The van der Waals surface area contributed by atoms with Crippen molar-refractivity contribution in [1.29, 1.82) is 0 Å². The van der Waals surface area contributed by atoms with Crippen molar-refractivity contribution in [3.05, 3.63) is 0 Å². The Hall–Kier alpha value is -0.160. The van der Waals surface area contributed by atoms with Gasteiger partial charge in [0.25, 0.3) is 0 Å². The molecule has 0 spiro atoms. The molecule has 4 heteroatoms. The summed E-state index contributed by atoms with van der Waals surface area (Å²) in [6, 6.07) is 0. The minimum atomic E-state index is -0.665. The zero-order valence-corrected chi connectivity index (χ0v) is 12.5. The second-order valence-electron chi connectivity index (χ2n) is 6.05. The van der Waals surface area contributed by atoms with E-state index in [0.29, 0.717) is 13.2 Å². The van der Waals surface area contributed by atoms with Crippen molar-refractivity contribution in [2.75, 3.05) is 13.2 Å². The molecule has 1 fully saturated rings. The van der Waals surface area contributed by atoms with Crippen molar-refractivity contribution < 1.29 is 19.3 Å². The number of aliphatic hydroxyl groups excluding tert-OH is 1. The third kappa shape index (κ3) is 3.67. The Labute approximate surface area is 111 Å². The predicted octanol–water partition coefficient (Wildman–Crippen LogP) is 2.34. The number of rotatable bonds is 6. The zero-order chi connectivity index (χ0) is 14.0. The molecule has 2 atom stereocenters. The molecule has 0 aromatic heterocycles. The van der Waals surface area contributed by atoms with E-state index in [1.165, 1.54) is 0 Å². The Morgan fingerprint density at radius 3 is 2.00 bits per heavy atom. The maximum absolute atomic E-state index is 10.5. The molecule has 1 N–H and O–H groups in total. The molecule has 0 aliphatic carbocycles. The Balaban J connectivity index is 2.77. The summed E-state index contributed by atoms with van der Waals surface area (Å²) in [7, 11) is 0. The van der Waals surface area contributed by atoms with Crippen LogP contribution in [0, 0.1) is 5.92 Å². The van der Waals surface area contributed by atoms with Crippen molar-refractivity contribution >= 4 is 0 Å². The van der Waals surface area contributed by atoms with Gasteiger partial charge in [-0.05, 0) is 48.0 Å². The van der Waals surface area contributed by atoms with E-state index in [-0.39, 0.29) is 17.1 Å². The summed E-state index contributed by atoms with van der Waals surface area (Å²) >= 11 is 0. The normalized spacial score (nSPS) is 27.7. The molecule has 1 aliphatic rings. The highest BCUT2D eigenvalue weighted by Gasteiger charge is 2.50. The minimum absolute atomic E-state index is 0.00981. The van der Waals surface area contributed by atoms with Gasteiger partial charge in [0.2, 0.25) is 0 Å². The van der Waals surface area contributed by atoms with Gasteiger partial charge in [-0.3, -0.25) is 0 Å². The fraction of sp³-hybridized carbons (Fsp3) is 1.00. The van der Waals surface area contributed by atoms with Crippen LogP contribution in [0.15, 0.2) is 0 Å². The van der Waals surface area contributed by atoms with Crippen LogP contribution in [0.5, 0.6) is 0 Å². The van der Waals surface area contributed by atoms with Gasteiger partial charge >= 0.3 is 0 Å². The number of hydrogen-bond donors (Lipinski definition) is 1. The third-order valence-corrected chi connectivity index (χ3v) is 3.50. The van der Waals surface area contributed by atoms with Gasteiger partial charge in [0.05, 0.1) is 11.2 Å². The fourth-order valence-corrected chi connectivity index (χ4v) is 2.90. The lowest BCUT2D eigenvalue weighted by Crippen LogP contribution is -2.44. The molecule has 1 saturated heterocycles. The molecule has 18 heavy (non-hydrogen) atoms. The molecule has 0 radical (unpaired) electrons. The summed E-state index contributed by atoms with van der Waals surface area (Å²) in [5, 5.41) is 10.5. The van der Waals surface area contributed by atoms with Gasteiger partial charge in [-0.15, -0.1) is 0 Å². The van der Waals surface area contributed by atoms with Crippen molar-refractivity contribution in [3.8, 4) is 0 Å². The summed E-state index contributed by atoms with van der Waals surface area (Å²) in [6.45, 7) is 13.0. The van der Waals surface area contributed by atoms with Gasteiger partial charge in [-0.2, -0.15) is 0 Å². The molecule has 108 valence electrons. The van der Waals surface area contributed by atoms with E-state index in [1.54, 1.807) is 0 Å². The van der Waals surface area contributed by atoms with Crippen LogP contribution in [0.4, 0.5) is 0 Å². The number of ether oxygens (including phenoxy) is 3. The second kappa shape index (κ2) is 5.87. The van der Waals surface area contributed by atoms with Gasteiger partial charge in [-0.25, -0.2) is 0 Å². The van der Waals surface area contributed by atoms with E-state index in [0.717, 1.165) is 6.42 Å². The standard InChI is InChI=1S/C14H28O4/c1-7-16-12(17-8-2)11(15)10-9-13(3,4)18-14(10,5)6/h10-12,15H,7-9H2,1-6H3. The lowest BCUT2D eigenvalue weighted by atomic mass is 9.82. The minimum Gasteiger partial charge on any atom is -0.387 e. The molecule has 0 aromatic carbocycles. The van der Waals surface area contributed by atoms with E-state index in [2.05, 4.69) is 13.8 Å². The van der Waals surface area contributed by atoms with Crippen LogP contribution >= 0.6 is 0 Å².